The standard InChI is InChI=1S/C26H28F2N8.CH2F2/c1-2-34-8-10-35(11-9-34)16-17-5-6-22(29-14-17)31-26-30-15-20(28)24(33-26)18-12-19(27)25-21(13-18)36-7-3-4-23(36)32-25;2-1-3/h5-6,12-15H,2-4,7-11,16H2,1H3,(H,29,30,31,33);1H2. The van der Waals surface area contributed by atoms with Gasteiger partial charge in [-0.15, -0.1) is 0 Å². The molecule has 39 heavy (non-hydrogen) atoms. The van der Waals surface area contributed by atoms with Gasteiger partial charge in [0.15, 0.2) is 11.6 Å². The number of fused-ring (bicyclic) bond motifs is 3. The van der Waals surface area contributed by atoms with Crippen molar-refractivity contribution in [2.45, 2.75) is 32.9 Å². The van der Waals surface area contributed by atoms with Crippen LogP contribution >= 0.6 is 0 Å². The summed E-state index contributed by atoms with van der Waals surface area (Å²) in [5, 5.41) is 3.04. The molecule has 206 valence electrons. The molecular weight excluding hydrogens is 512 g/mol. The number of nitrogens with one attached hydrogen (secondary N) is 1. The van der Waals surface area contributed by atoms with Gasteiger partial charge in [-0.05, 0) is 36.7 Å². The van der Waals surface area contributed by atoms with E-state index in [1.165, 1.54) is 6.07 Å². The average molecular weight is 543 g/mol. The number of aromatic nitrogens is 5. The second-order valence-electron chi connectivity index (χ2n) is 9.49. The number of imidazole rings is 1. The minimum absolute atomic E-state index is 0.0321. The third-order valence-electron chi connectivity index (χ3n) is 7.07. The lowest BCUT2D eigenvalue weighted by atomic mass is 10.1. The molecule has 6 rings (SSSR count). The van der Waals surface area contributed by atoms with E-state index in [0.717, 1.165) is 76.2 Å². The average Bonchev–Trinajstić information content (AvgIpc) is 3.54. The zero-order valence-corrected chi connectivity index (χ0v) is 21.7. The highest BCUT2D eigenvalue weighted by molar-refractivity contribution is 5.83. The Bertz CT molecular complexity index is 1420. The molecule has 3 aromatic heterocycles. The van der Waals surface area contributed by atoms with Crippen LogP contribution in [0.2, 0.25) is 0 Å². The van der Waals surface area contributed by atoms with Crippen LogP contribution < -0.4 is 5.32 Å². The molecule has 0 aliphatic carbocycles. The highest BCUT2D eigenvalue weighted by Crippen LogP contribution is 2.31. The molecule has 12 heteroatoms. The molecule has 1 saturated heterocycles. The first-order valence-corrected chi connectivity index (χ1v) is 13.0. The molecule has 2 aliphatic heterocycles. The maximum atomic E-state index is 14.8. The van der Waals surface area contributed by atoms with E-state index in [1.54, 1.807) is 6.07 Å². The normalized spacial score (nSPS) is 15.7. The number of hydrogen-bond donors (Lipinski definition) is 1. The van der Waals surface area contributed by atoms with E-state index in [4.69, 9.17) is 0 Å². The molecule has 0 saturated carbocycles. The van der Waals surface area contributed by atoms with Gasteiger partial charge in [0.2, 0.25) is 12.9 Å². The van der Waals surface area contributed by atoms with E-state index in [2.05, 4.69) is 42.0 Å². The summed E-state index contributed by atoms with van der Waals surface area (Å²) in [5.74, 6) is 0.519. The van der Waals surface area contributed by atoms with Crippen molar-refractivity contribution in [1.82, 2.24) is 34.3 Å². The number of anilines is 2. The van der Waals surface area contributed by atoms with Gasteiger partial charge in [-0.2, -0.15) is 0 Å². The first-order chi connectivity index (χ1) is 19.0. The topological polar surface area (TPSA) is 75.0 Å². The van der Waals surface area contributed by atoms with E-state index in [1.807, 2.05) is 22.9 Å². The summed E-state index contributed by atoms with van der Waals surface area (Å²) in [4.78, 5) is 22.2. The van der Waals surface area contributed by atoms with Crippen molar-refractivity contribution in [3.05, 3.63) is 59.7 Å². The molecule has 5 heterocycles. The van der Waals surface area contributed by atoms with Crippen LogP contribution in [0.4, 0.5) is 29.3 Å². The summed E-state index contributed by atoms with van der Waals surface area (Å²) in [6.07, 6.45) is 4.72. The van der Waals surface area contributed by atoms with Crippen LogP contribution in [0.5, 0.6) is 0 Å². The Morgan fingerprint density at radius 3 is 2.38 bits per heavy atom. The number of aryl methyl sites for hydroxylation is 2. The first kappa shape index (κ1) is 26.9. The lowest BCUT2D eigenvalue weighted by Crippen LogP contribution is -2.45. The molecule has 0 unspecified atom stereocenters. The minimum Gasteiger partial charge on any atom is -0.328 e. The Morgan fingerprint density at radius 1 is 0.897 bits per heavy atom. The molecule has 1 aromatic carbocycles. The molecule has 4 aromatic rings. The van der Waals surface area contributed by atoms with Crippen LogP contribution in [-0.2, 0) is 19.5 Å². The van der Waals surface area contributed by atoms with Crippen molar-refractivity contribution < 1.29 is 17.6 Å². The van der Waals surface area contributed by atoms with Gasteiger partial charge in [0.05, 0.1) is 11.7 Å². The van der Waals surface area contributed by atoms with Crippen LogP contribution in [0.25, 0.3) is 22.3 Å². The fourth-order valence-corrected chi connectivity index (χ4v) is 5.06. The zero-order chi connectivity index (χ0) is 27.4. The van der Waals surface area contributed by atoms with Crippen molar-refractivity contribution in [3.8, 4) is 11.3 Å². The number of benzene rings is 1. The molecule has 0 bridgehead atoms. The quantitative estimate of drug-likeness (QED) is 0.348. The number of rotatable bonds is 6. The van der Waals surface area contributed by atoms with Crippen molar-refractivity contribution in [3.63, 3.8) is 0 Å². The Labute approximate surface area is 223 Å². The van der Waals surface area contributed by atoms with Crippen LogP contribution in [-0.4, -0.2) is 74.0 Å². The smallest absolute Gasteiger partial charge is 0.229 e. The van der Waals surface area contributed by atoms with E-state index in [0.29, 0.717) is 22.4 Å². The van der Waals surface area contributed by atoms with Gasteiger partial charge < -0.3 is 14.8 Å². The molecule has 0 atom stereocenters. The number of halogens is 4. The van der Waals surface area contributed by atoms with E-state index in [9.17, 15) is 17.6 Å². The molecule has 1 N–H and O–H groups in total. The van der Waals surface area contributed by atoms with Crippen molar-refractivity contribution in [2.24, 2.45) is 0 Å². The number of hydrogen-bond acceptors (Lipinski definition) is 7. The van der Waals surface area contributed by atoms with Crippen LogP contribution in [0, 0.1) is 11.6 Å². The molecule has 2 aliphatic rings. The third kappa shape index (κ3) is 6.01. The predicted molar refractivity (Wildman–Crippen MR) is 141 cm³/mol. The molecular formula is C27H30F4N8. The van der Waals surface area contributed by atoms with Gasteiger partial charge in [0.25, 0.3) is 0 Å². The molecule has 1 fully saturated rings. The lowest BCUT2D eigenvalue weighted by molar-refractivity contribution is 0.132. The second-order valence-corrected chi connectivity index (χ2v) is 9.49. The fourth-order valence-electron chi connectivity index (χ4n) is 5.06. The largest absolute Gasteiger partial charge is 0.328 e. The summed E-state index contributed by atoms with van der Waals surface area (Å²) < 4.78 is 50.8. The van der Waals surface area contributed by atoms with Crippen molar-refractivity contribution >= 4 is 22.8 Å². The zero-order valence-electron chi connectivity index (χ0n) is 21.7. The van der Waals surface area contributed by atoms with Gasteiger partial charge in [-0.25, -0.2) is 37.5 Å². The van der Waals surface area contributed by atoms with Crippen LogP contribution in [0.1, 0.15) is 24.7 Å². The Hall–Kier alpha value is -3.64. The van der Waals surface area contributed by atoms with Crippen molar-refractivity contribution in [1.29, 1.82) is 0 Å². The van der Waals surface area contributed by atoms with Gasteiger partial charge >= 0.3 is 0 Å². The fraction of sp³-hybridized carbons (Fsp3) is 0.407. The van der Waals surface area contributed by atoms with Gasteiger partial charge in [0, 0.05) is 57.4 Å². The maximum absolute atomic E-state index is 14.8. The molecule has 8 nitrogen and oxygen atoms in total. The van der Waals surface area contributed by atoms with E-state index in [-0.39, 0.29) is 11.6 Å². The second kappa shape index (κ2) is 12.0. The van der Waals surface area contributed by atoms with E-state index < -0.39 is 18.6 Å². The highest BCUT2D eigenvalue weighted by atomic mass is 19.3. The summed E-state index contributed by atoms with van der Waals surface area (Å²) in [6, 6.07) is 6.93. The number of nitrogens with zero attached hydrogens (tertiary/aromatic N) is 7. The Kier molecular flexibility index (Phi) is 8.32. The minimum atomic E-state index is -1.75. The molecule has 0 radical (unpaired) electrons. The van der Waals surface area contributed by atoms with E-state index >= 15 is 0 Å². The van der Waals surface area contributed by atoms with Gasteiger partial charge in [-0.3, -0.25) is 4.90 Å². The van der Waals surface area contributed by atoms with Gasteiger partial charge in [-0.1, -0.05) is 13.0 Å². The summed E-state index contributed by atoms with van der Waals surface area (Å²) >= 11 is 0. The molecule has 0 spiro atoms. The summed E-state index contributed by atoms with van der Waals surface area (Å²) in [6.45, 7) is 7.46. The number of likely N-dealkylation sites (N-methyl/N-ethyl adjacent to an activating group) is 1. The Morgan fingerprint density at radius 2 is 1.67 bits per heavy atom. The maximum Gasteiger partial charge on any atom is 0.229 e. The number of piperazine rings is 1. The van der Waals surface area contributed by atoms with Crippen LogP contribution in [0.15, 0.2) is 36.7 Å². The SMILES string of the molecule is CCN1CCN(Cc2ccc(Nc3ncc(F)c(-c4cc(F)c5nc6n(c5c4)CCC6)n3)nc2)CC1.FCF. The molecule has 0 amide bonds. The van der Waals surface area contributed by atoms with Gasteiger partial charge in [0.1, 0.15) is 22.9 Å². The monoisotopic (exact) mass is 542 g/mol. The summed E-state index contributed by atoms with van der Waals surface area (Å²) in [5.41, 5.74) is 2.49. The predicted octanol–water partition coefficient (Wildman–Crippen LogP) is 4.88. The number of pyridine rings is 1. The third-order valence-corrected chi connectivity index (χ3v) is 7.07. The summed E-state index contributed by atoms with van der Waals surface area (Å²) in [7, 11) is 0. The van der Waals surface area contributed by atoms with Crippen molar-refractivity contribution in [2.75, 3.05) is 45.0 Å². The highest BCUT2D eigenvalue weighted by Gasteiger charge is 2.21. The number of alkyl halides is 2. The van der Waals surface area contributed by atoms with Crippen LogP contribution in [0.3, 0.4) is 0 Å². The lowest BCUT2D eigenvalue weighted by Gasteiger charge is -2.33. The first-order valence-electron chi connectivity index (χ1n) is 13.0. The Balaban J connectivity index is 0.000000983.